The maximum Gasteiger partial charge on any atom is 0.0671 e. The van der Waals surface area contributed by atoms with Gasteiger partial charge >= 0.3 is 0 Å². The molecule has 1 aromatic rings. The highest BCUT2D eigenvalue weighted by atomic mass is 35.5. The summed E-state index contributed by atoms with van der Waals surface area (Å²) < 4.78 is 0. The first-order valence-corrected chi connectivity index (χ1v) is 5.66. The van der Waals surface area contributed by atoms with Gasteiger partial charge in [-0.1, -0.05) is 23.7 Å². The number of halogens is 1. The number of benzene rings is 1. The molecule has 1 radical (unpaired) electrons. The summed E-state index contributed by atoms with van der Waals surface area (Å²) in [5.74, 6) is 0. The molecular formula is C12H16ClN2. The summed E-state index contributed by atoms with van der Waals surface area (Å²) in [6.07, 6.45) is 0. The Morgan fingerprint density at radius 2 is 2.33 bits per heavy atom. The van der Waals surface area contributed by atoms with E-state index in [4.69, 9.17) is 11.6 Å². The molecule has 3 heteroatoms. The summed E-state index contributed by atoms with van der Waals surface area (Å²) in [6.45, 7) is 9.16. The first-order valence-electron chi connectivity index (χ1n) is 5.28. The zero-order valence-electron chi connectivity index (χ0n) is 8.96. The topological polar surface area (TPSA) is 15.3 Å². The van der Waals surface area contributed by atoms with E-state index >= 15 is 0 Å². The molecule has 0 amide bonds. The third-order valence-corrected chi connectivity index (χ3v) is 3.31. The molecule has 0 aliphatic carbocycles. The van der Waals surface area contributed by atoms with Crippen LogP contribution in [0.1, 0.15) is 12.5 Å². The zero-order chi connectivity index (χ0) is 10.8. The normalized spacial score (nSPS) is 21.8. The molecule has 0 aromatic heterocycles. The standard InChI is InChI=1S/C12H16ClN2/c1-9-4-3-5-11(12(9)13)15-7-6-14-8-10(15)2/h3-5,10,14H,1,6-8H2,2H3. The number of rotatable bonds is 1. The first kappa shape index (κ1) is 10.8. The van der Waals surface area contributed by atoms with Crippen molar-refractivity contribution in [1.29, 1.82) is 0 Å². The van der Waals surface area contributed by atoms with Crippen molar-refractivity contribution in [1.82, 2.24) is 5.32 Å². The molecule has 1 heterocycles. The monoisotopic (exact) mass is 223 g/mol. The zero-order valence-corrected chi connectivity index (χ0v) is 9.72. The SMILES string of the molecule is [CH2]c1cccc(N2CCNCC2C)c1Cl. The molecular weight excluding hydrogens is 208 g/mol. The molecule has 1 unspecified atom stereocenters. The van der Waals surface area contributed by atoms with Gasteiger partial charge in [0.15, 0.2) is 0 Å². The lowest BCUT2D eigenvalue weighted by molar-refractivity contribution is 0.501. The van der Waals surface area contributed by atoms with E-state index < -0.39 is 0 Å². The van der Waals surface area contributed by atoms with Gasteiger partial charge in [0, 0.05) is 25.7 Å². The Morgan fingerprint density at radius 3 is 3.07 bits per heavy atom. The number of nitrogens with one attached hydrogen (secondary N) is 1. The van der Waals surface area contributed by atoms with Gasteiger partial charge in [0.05, 0.1) is 10.7 Å². The lowest BCUT2D eigenvalue weighted by Crippen LogP contribution is -2.50. The van der Waals surface area contributed by atoms with Crippen molar-refractivity contribution in [2.45, 2.75) is 13.0 Å². The molecule has 1 N–H and O–H groups in total. The lowest BCUT2D eigenvalue weighted by atomic mass is 10.1. The minimum absolute atomic E-state index is 0.484. The van der Waals surface area contributed by atoms with Crippen LogP contribution in [0.5, 0.6) is 0 Å². The largest absolute Gasteiger partial charge is 0.365 e. The lowest BCUT2D eigenvalue weighted by Gasteiger charge is -2.36. The van der Waals surface area contributed by atoms with Crippen molar-refractivity contribution in [3.8, 4) is 0 Å². The van der Waals surface area contributed by atoms with E-state index in [9.17, 15) is 0 Å². The molecule has 2 rings (SSSR count). The van der Waals surface area contributed by atoms with Gasteiger partial charge in [-0.15, -0.1) is 0 Å². The molecule has 1 fully saturated rings. The van der Waals surface area contributed by atoms with Crippen LogP contribution in [0.4, 0.5) is 5.69 Å². The van der Waals surface area contributed by atoms with Crippen molar-refractivity contribution in [2.24, 2.45) is 0 Å². The number of hydrogen-bond acceptors (Lipinski definition) is 2. The average molecular weight is 224 g/mol. The molecule has 15 heavy (non-hydrogen) atoms. The van der Waals surface area contributed by atoms with Gasteiger partial charge < -0.3 is 10.2 Å². The maximum atomic E-state index is 6.27. The van der Waals surface area contributed by atoms with Crippen molar-refractivity contribution >= 4 is 17.3 Å². The molecule has 1 aromatic carbocycles. The second-order valence-corrected chi connectivity index (χ2v) is 4.37. The van der Waals surface area contributed by atoms with E-state index in [1.54, 1.807) is 0 Å². The van der Waals surface area contributed by atoms with Crippen LogP contribution in [0.2, 0.25) is 5.02 Å². The Kier molecular flexibility index (Phi) is 3.17. The summed E-state index contributed by atoms with van der Waals surface area (Å²) in [5, 5.41) is 4.15. The number of hydrogen-bond donors (Lipinski definition) is 1. The second kappa shape index (κ2) is 4.42. The van der Waals surface area contributed by atoms with Gasteiger partial charge in [0.2, 0.25) is 0 Å². The predicted molar refractivity (Wildman–Crippen MR) is 65.6 cm³/mol. The van der Waals surface area contributed by atoms with Crippen LogP contribution in [-0.2, 0) is 0 Å². The number of anilines is 1. The van der Waals surface area contributed by atoms with Crippen molar-refractivity contribution in [3.05, 3.63) is 35.7 Å². The smallest absolute Gasteiger partial charge is 0.0671 e. The summed E-state index contributed by atoms with van der Waals surface area (Å²) in [7, 11) is 0. The second-order valence-electron chi connectivity index (χ2n) is 4.00. The maximum absolute atomic E-state index is 6.27. The summed E-state index contributed by atoms with van der Waals surface area (Å²) >= 11 is 6.27. The van der Waals surface area contributed by atoms with Crippen LogP contribution in [0.15, 0.2) is 18.2 Å². The first-order chi connectivity index (χ1) is 7.20. The van der Waals surface area contributed by atoms with E-state index in [1.165, 1.54) is 0 Å². The van der Waals surface area contributed by atoms with Gasteiger partial charge in [0.1, 0.15) is 0 Å². The fourth-order valence-corrected chi connectivity index (χ4v) is 2.22. The van der Waals surface area contributed by atoms with Crippen LogP contribution < -0.4 is 10.2 Å². The molecule has 1 saturated heterocycles. The van der Waals surface area contributed by atoms with Crippen molar-refractivity contribution < 1.29 is 0 Å². The van der Waals surface area contributed by atoms with Crippen LogP contribution in [0.25, 0.3) is 0 Å². The summed E-state index contributed by atoms with van der Waals surface area (Å²) in [4.78, 5) is 2.34. The third-order valence-electron chi connectivity index (χ3n) is 2.87. The van der Waals surface area contributed by atoms with E-state index in [-0.39, 0.29) is 0 Å². The number of nitrogens with zero attached hydrogens (tertiary/aromatic N) is 1. The minimum Gasteiger partial charge on any atom is -0.365 e. The Hall–Kier alpha value is -0.730. The summed E-state index contributed by atoms with van der Waals surface area (Å²) in [6, 6.07) is 6.51. The molecule has 1 atom stereocenters. The van der Waals surface area contributed by atoms with E-state index in [0.717, 1.165) is 35.9 Å². The van der Waals surface area contributed by atoms with Crippen LogP contribution >= 0.6 is 11.6 Å². The fraction of sp³-hybridized carbons (Fsp3) is 0.417. The molecule has 0 spiro atoms. The molecule has 1 aliphatic heterocycles. The number of piperazine rings is 1. The molecule has 81 valence electrons. The Bertz CT molecular complexity index is 351. The predicted octanol–water partition coefficient (Wildman–Crippen LogP) is 2.32. The van der Waals surface area contributed by atoms with Gasteiger partial charge in [-0.05, 0) is 25.5 Å². The van der Waals surface area contributed by atoms with Gasteiger partial charge in [0.25, 0.3) is 0 Å². The van der Waals surface area contributed by atoms with Crippen molar-refractivity contribution in [3.63, 3.8) is 0 Å². The van der Waals surface area contributed by atoms with Gasteiger partial charge in [-0.3, -0.25) is 0 Å². The van der Waals surface area contributed by atoms with Crippen LogP contribution in [0.3, 0.4) is 0 Å². The minimum atomic E-state index is 0.484. The Labute approximate surface area is 96.2 Å². The fourth-order valence-electron chi connectivity index (χ4n) is 1.99. The molecule has 2 nitrogen and oxygen atoms in total. The highest BCUT2D eigenvalue weighted by Crippen LogP contribution is 2.30. The quantitative estimate of drug-likeness (QED) is 0.786. The van der Waals surface area contributed by atoms with E-state index in [2.05, 4.69) is 30.1 Å². The Balaban J connectivity index is 2.31. The van der Waals surface area contributed by atoms with Crippen molar-refractivity contribution in [2.75, 3.05) is 24.5 Å². The average Bonchev–Trinajstić information content (AvgIpc) is 2.23. The Morgan fingerprint density at radius 1 is 1.53 bits per heavy atom. The third kappa shape index (κ3) is 2.11. The van der Waals surface area contributed by atoms with Gasteiger partial charge in [-0.25, -0.2) is 0 Å². The van der Waals surface area contributed by atoms with E-state index in [0.29, 0.717) is 6.04 Å². The highest BCUT2D eigenvalue weighted by Gasteiger charge is 2.20. The van der Waals surface area contributed by atoms with E-state index in [1.807, 2.05) is 12.1 Å². The molecule has 0 bridgehead atoms. The van der Waals surface area contributed by atoms with Gasteiger partial charge in [-0.2, -0.15) is 0 Å². The van der Waals surface area contributed by atoms with Crippen LogP contribution in [-0.4, -0.2) is 25.7 Å². The molecule has 1 aliphatic rings. The summed E-state index contributed by atoms with van der Waals surface area (Å²) in [5.41, 5.74) is 2.01. The highest BCUT2D eigenvalue weighted by molar-refractivity contribution is 6.34. The molecule has 0 saturated carbocycles. The van der Waals surface area contributed by atoms with Crippen LogP contribution in [0, 0.1) is 6.92 Å².